The Bertz CT molecular complexity index is 308. The minimum Gasteiger partial charge on any atom is -0.390 e. The first-order chi connectivity index (χ1) is 5.61. The van der Waals surface area contributed by atoms with Gasteiger partial charge in [-0.25, -0.2) is 0 Å². The molecule has 0 fully saturated rings. The van der Waals surface area contributed by atoms with Gasteiger partial charge in [-0.15, -0.1) is 0 Å². The van der Waals surface area contributed by atoms with Crippen LogP contribution in [-0.4, -0.2) is 24.8 Å². The van der Waals surface area contributed by atoms with E-state index < -0.39 is 21.7 Å². The molecule has 12 heavy (non-hydrogen) atoms. The highest BCUT2D eigenvalue weighted by Gasteiger charge is 2.18. The molecule has 0 unspecified atom stereocenters. The van der Waals surface area contributed by atoms with Gasteiger partial charge < -0.3 is 20.2 Å². The van der Waals surface area contributed by atoms with Crippen molar-refractivity contribution in [2.75, 3.05) is 0 Å². The van der Waals surface area contributed by atoms with Crippen molar-refractivity contribution in [2.45, 2.75) is 0 Å². The molecule has 61 valence electrons. The van der Waals surface area contributed by atoms with Crippen molar-refractivity contribution in [3.8, 4) is 0 Å². The first-order valence-corrected chi connectivity index (χ1v) is 2.52. The number of hydrogen-bond donors (Lipinski definition) is 0. The molecule has 0 saturated heterocycles. The van der Waals surface area contributed by atoms with Crippen LogP contribution in [0.5, 0.6) is 0 Å². The zero-order chi connectivity index (χ0) is 9.14. The van der Waals surface area contributed by atoms with Gasteiger partial charge in [0.05, 0.1) is 0 Å². The van der Waals surface area contributed by atoms with Crippen LogP contribution in [0.3, 0.4) is 0 Å². The molecular weight excluding hydrogens is 170 g/mol. The van der Waals surface area contributed by atoms with E-state index in [0.717, 1.165) is 0 Å². The SMILES string of the molecule is O=[N+]([O-])c1n[c]nc([N+](=O)[O-])n1. The number of nitrogens with zero attached hydrogens (tertiary/aromatic N) is 5. The molecule has 9 nitrogen and oxygen atoms in total. The molecule has 0 aromatic carbocycles. The van der Waals surface area contributed by atoms with Crippen molar-refractivity contribution in [3.63, 3.8) is 0 Å². The third-order valence-electron chi connectivity index (χ3n) is 0.827. The highest BCUT2D eigenvalue weighted by molar-refractivity contribution is 5.09. The van der Waals surface area contributed by atoms with E-state index in [1.165, 1.54) is 0 Å². The lowest BCUT2D eigenvalue weighted by atomic mass is 10.9. The minimum absolute atomic E-state index is 0.892. The molecule has 0 N–H and O–H groups in total. The average molecular weight is 170 g/mol. The fraction of sp³-hybridized carbons (Fsp3) is 0. The van der Waals surface area contributed by atoms with E-state index in [1.54, 1.807) is 6.33 Å². The Morgan fingerprint density at radius 1 is 1.08 bits per heavy atom. The molecule has 1 rings (SSSR count). The fourth-order valence-corrected chi connectivity index (χ4v) is 0.417. The summed E-state index contributed by atoms with van der Waals surface area (Å²) >= 11 is 0. The van der Waals surface area contributed by atoms with E-state index >= 15 is 0 Å². The van der Waals surface area contributed by atoms with E-state index in [9.17, 15) is 20.2 Å². The molecule has 1 aromatic heterocycles. The fourth-order valence-electron chi connectivity index (χ4n) is 0.417. The summed E-state index contributed by atoms with van der Waals surface area (Å²) in [5.41, 5.74) is 0. The Hall–Kier alpha value is -2.19. The molecule has 0 amide bonds. The summed E-state index contributed by atoms with van der Waals surface area (Å²) in [5, 5.41) is 20.0. The Morgan fingerprint density at radius 2 is 1.50 bits per heavy atom. The Morgan fingerprint density at radius 3 is 1.83 bits per heavy atom. The zero-order valence-corrected chi connectivity index (χ0v) is 5.37. The minimum atomic E-state index is -0.967. The summed E-state index contributed by atoms with van der Waals surface area (Å²) in [7, 11) is 0. The van der Waals surface area contributed by atoms with E-state index in [4.69, 9.17) is 0 Å². The van der Waals surface area contributed by atoms with Gasteiger partial charge in [-0.3, -0.25) is 0 Å². The molecule has 0 aliphatic carbocycles. The van der Waals surface area contributed by atoms with Gasteiger partial charge in [0.15, 0.2) is 0 Å². The van der Waals surface area contributed by atoms with E-state index in [2.05, 4.69) is 15.0 Å². The van der Waals surface area contributed by atoms with Crippen LogP contribution in [0.4, 0.5) is 11.9 Å². The van der Waals surface area contributed by atoms with Crippen LogP contribution in [0.2, 0.25) is 0 Å². The lowest BCUT2D eigenvalue weighted by Gasteiger charge is -1.90. The summed E-state index contributed by atoms with van der Waals surface area (Å²) in [6.07, 6.45) is 1.75. The standard InChI is InChI=1S/C3N5O4/c9-7(10)2-4-1-5-3(6-2)8(11)12. The van der Waals surface area contributed by atoms with Gasteiger partial charge in [0.1, 0.15) is 0 Å². The number of rotatable bonds is 2. The summed E-state index contributed by atoms with van der Waals surface area (Å²) in [4.78, 5) is 26.9. The molecule has 0 spiro atoms. The van der Waals surface area contributed by atoms with Crippen molar-refractivity contribution >= 4 is 11.9 Å². The molecule has 1 aromatic rings. The van der Waals surface area contributed by atoms with E-state index in [-0.39, 0.29) is 0 Å². The molecule has 0 aliphatic heterocycles. The second-order valence-electron chi connectivity index (χ2n) is 1.55. The van der Waals surface area contributed by atoms with Crippen LogP contribution in [0.15, 0.2) is 0 Å². The predicted molar refractivity (Wildman–Crippen MR) is 32.0 cm³/mol. The van der Waals surface area contributed by atoms with Crippen molar-refractivity contribution in [2.24, 2.45) is 0 Å². The van der Waals surface area contributed by atoms with Crippen LogP contribution in [0, 0.1) is 26.6 Å². The highest BCUT2D eigenvalue weighted by Crippen LogP contribution is 2.04. The molecule has 1 radical (unpaired) electrons. The molecular formula is C3N5O4. The second-order valence-corrected chi connectivity index (χ2v) is 1.55. The predicted octanol–water partition coefficient (Wildman–Crippen LogP) is -0.512. The van der Waals surface area contributed by atoms with E-state index in [0.29, 0.717) is 0 Å². The van der Waals surface area contributed by atoms with Crippen molar-refractivity contribution in [1.82, 2.24) is 15.0 Å². The second kappa shape index (κ2) is 2.82. The third-order valence-corrected chi connectivity index (χ3v) is 0.827. The van der Waals surface area contributed by atoms with Crippen molar-refractivity contribution < 1.29 is 9.85 Å². The summed E-state index contributed by atoms with van der Waals surface area (Å²) < 4.78 is 0. The topological polar surface area (TPSA) is 125 Å². The van der Waals surface area contributed by atoms with Gasteiger partial charge in [-0.1, -0.05) is 0 Å². The Balaban J connectivity index is 3.12. The van der Waals surface area contributed by atoms with Gasteiger partial charge >= 0.3 is 18.2 Å². The summed E-state index contributed by atoms with van der Waals surface area (Å²) in [6.45, 7) is 0. The normalized spacial score (nSPS) is 9.33. The van der Waals surface area contributed by atoms with Gasteiger partial charge in [0.2, 0.25) is 0 Å². The van der Waals surface area contributed by atoms with E-state index in [1.807, 2.05) is 0 Å². The summed E-state index contributed by atoms with van der Waals surface area (Å²) in [5.74, 6) is -1.78. The van der Waals surface area contributed by atoms with Gasteiger partial charge in [0, 0.05) is 4.98 Å². The van der Waals surface area contributed by atoms with Crippen molar-refractivity contribution in [1.29, 1.82) is 0 Å². The van der Waals surface area contributed by atoms with Crippen LogP contribution in [0.1, 0.15) is 0 Å². The molecule has 0 saturated carbocycles. The first kappa shape index (κ1) is 7.91. The largest absolute Gasteiger partial charge is 0.478 e. The smallest absolute Gasteiger partial charge is 0.390 e. The summed E-state index contributed by atoms with van der Waals surface area (Å²) in [6, 6.07) is 0. The monoisotopic (exact) mass is 170 g/mol. The highest BCUT2D eigenvalue weighted by atomic mass is 16.6. The molecule has 1 heterocycles. The average Bonchev–Trinajstić information content (AvgIpc) is 2.04. The maximum atomic E-state index is 9.99. The number of hydrogen-bond acceptors (Lipinski definition) is 7. The number of nitro groups is 2. The van der Waals surface area contributed by atoms with Gasteiger partial charge in [0.25, 0.3) is 0 Å². The Kier molecular flexibility index (Phi) is 1.86. The molecule has 0 aliphatic rings. The van der Waals surface area contributed by atoms with Gasteiger partial charge in [-0.05, 0) is 19.8 Å². The lowest BCUT2D eigenvalue weighted by molar-refractivity contribution is -0.409. The third kappa shape index (κ3) is 1.45. The first-order valence-electron chi connectivity index (χ1n) is 2.52. The van der Waals surface area contributed by atoms with Crippen LogP contribution >= 0.6 is 0 Å². The van der Waals surface area contributed by atoms with Crippen LogP contribution in [0.25, 0.3) is 0 Å². The lowest BCUT2D eigenvalue weighted by Crippen LogP contribution is -2.01. The van der Waals surface area contributed by atoms with Gasteiger partial charge in [-0.2, -0.15) is 0 Å². The quantitative estimate of drug-likeness (QED) is 0.432. The Labute approximate surface area is 64.4 Å². The maximum absolute atomic E-state index is 9.99. The molecule has 0 atom stereocenters. The molecule has 9 heteroatoms. The van der Waals surface area contributed by atoms with Crippen LogP contribution < -0.4 is 0 Å². The van der Waals surface area contributed by atoms with Crippen LogP contribution in [-0.2, 0) is 0 Å². The molecule has 0 bridgehead atoms. The number of aromatic nitrogens is 3. The zero-order valence-electron chi connectivity index (χ0n) is 5.37. The maximum Gasteiger partial charge on any atom is 0.478 e. The van der Waals surface area contributed by atoms with Crippen molar-refractivity contribution in [3.05, 3.63) is 26.6 Å².